The van der Waals surface area contributed by atoms with Crippen LogP contribution >= 0.6 is 34.2 Å². The molecular weight excluding hydrogens is 367 g/mol. The summed E-state index contributed by atoms with van der Waals surface area (Å²) in [5.41, 5.74) is 0. The molecule has 0 aromatic carbocycles. The number of piperidine rings is 2. The van der Waals surface area contributed by atoms with Gasteiger partial charge in [-0.15, -0.1) is 0 Å². The quantitative estimate of drug-likeness (QED) is 0.417. The molecule has 2 fully saturated rings. The van der Waals surface area contributed by atoms with E-state index in [4.69, 9.17) is 11.6 Å². The number of likely N-dealkylation sites (tertiary alicyclic amines) is 2. The van der Waals surface area contributed by atoms with E-state index in [1.807, 2.05) is 0 Å². The van der Waals surface area contributed by atoms with E-state index in [-0.39, 0.29) is 9.83 Å². The molecule has 2 aliphatic rings. The van der Waals surface area contributed by atoms with E-state index in [9.17, 15) is 9.59 Å². The van der Waals surface area contributed by atoms with Crippen LogP contribution in [0.3, 0.4) is 0 Å². The first-order valence-electron chi connectivity index (χ1n) is 6.49. The van der Waals surface area contributed by atoms with Gasteiger partial charge in [-0.2, -0.15) is 0 Å². The molecule has 6 heteroatoms. The molecule has 2 rings (SSSR count). The van der Waals surface area contributed by atoms with Crippen molar-refractivity contribution in [2.75, 3.05) is 19.6 Å². The van der Waals surface area contributed by atoms with E-state index in [0.717, 1.165) is 25.9 Å². The normalized spacial score (nSPS) is 30.2. The Morgan fingerprint density at radius 1 is 1.11 bits per heavy atom. The molecule has 0 spiro atoms. The standard InChI is InChI=1S/C12H18ClIN2O2/c13-12(18)16-7-4-9(8-10(16)11(14)17)15-5-2-1-3-6-15/h9-10H,1-8H2. The highest BCUT2D eigenvalue weighted by atomic mass is 127. The smallest absolute Gasteiger partial charge is 0.317 e. The summed E-state index contributed by atoms with van der Waals surface area (Å²) < 4.78 is 0.0170. The average Bonchev–Trinajstić information content (AvgIpc) is 2.39. The molecule has 102 valence electrons. The van der Waals surface area contributed by atoms with Crippen molar-refractivity contribution in [1.29, 1.82) is 0 Å². The maximum absolute atomic E-state index is 11.7. The van der Waals surface area contributed by atoms with E-state index in [1.165, 1.54) is 24.2 Å². The average molecular weight is 385 g/mol. The van der Waals surface area contributed by atoms with Crippen LogP contribution in [-0.2, 0) is 4.79 Å². The lowest BCUT2D eigenvalue weighted by atomic mass is 9.95. The molecular formula is C12H18ClIN2O2. The van der Waals surface area contributed by atoms with Crippen LogP contribution in [0.25, 0.3) is 0 Å². The monoisotopic (exact) mass is 384 g/mol. The first kappa shape index (κ1) is 14.5. The number of halogens is 2. The Labute approximate surface area is 126 Å². The molecule has 0 radical (unpaired) electrons. The fourth-order valence-corrected chi connectivity index (χ4v) is 3.78. The molecule has 0 aromatic heterocycles. The second-order valence-electron chi connectivity index (χ2n) is 5.04. The number of rotatable bonds is 2. The van der Waals surface area contributed by atoms with Crippen molar-refractivity contribution in [2.45, 2.75) is 44.2 Å². The van der Waals surface area contributed by atoms with Crippen molar-refractivity contribution in [2.24, 2.45) is 0 Å². The van der Waals surface area contributed by atoms with Crippen LogP contribution in [0, 0.1) is 0 Å². The molecule has 18 heavy (non-hydrogen) atoms. The summed E-state index contributed by atoms with van der Waals surface area (Å²) in [7, 11) is 0. The SMILES string of the molecule is O=C(I)C1CC(N2CCCCC2)CCN1C(=O)Cl. The summed E-state index contributed by atoms with van der Waals surface area (Å²) in [6.07, 6.45) is 5.47. The third kappa shape index (κ3) is 3.36. The molecule has 2 aliphatic heterocycles. The Kier molecular flexibility index (Phi) is 5.26. The maximum atomic E-state index is 11.7. The van der Waals surface area contributed by atoms with E-state index >= 15 is 0 Å². The lowest BCUT2D eigenvalue weighted by Crippen LogP contribution is -2.53. The van der Waals surface area contributed by atoms with Gasteiger partial charge in [0.15, 0.2) is 0 Å². The zero-order chi connectivity index (χ0) is 13.1. The summed E-state index contributed by atoms with van der Waals surface area (Å²) in [4.78, 5) is 27.0. The van der Waals surface area contributed by atoms with Crippen LogP contribution in [0.5, 0.6) is 0 Å². The van der Waals surface area contributed by atoms with Gasteiger partial charge in [-0.05, 0) is 50.4 Å². The van der Waals surface area contributed by atoms with Crippen molar-refractivity contribution in [3.8, 4) is 0 Å². The highest BCUT2D eigenvalue weighted by molar-refractivity contribution is 14.1. The minimum atomic E-state index is -0.498. The van der Waals surface area contributed by atoms with Crippen LogP contribution < -0.4 is 0 Å². The Bertz CT molecular complexity index is 334. The van der Waals surface area contributed by atoms with Gasteiger partial charge in [-0.1, -0.05) is 6.42 Å². The third-order valence-electron chi connectivity index (χ3n) is 3.97. The number of carbonyl (C=O) groups excluding carboxylic acids is 2. The molecule has 0 N–H and O–H groups in total. The number of carbonyl (C=O) groups is 2. The van der Waals surface area contributed by atoms with Crippen LogP contribution in [-0.4, -0.2) is 50.7 Å². The zero-order valence-electron chi connectivity index (χ0n) is 10.3. The Morgan fingerprint density at radius 2 is 1.78 bits per heavy atom. The largest absolute Gasteiger partial charge is 0.318 e. The van der Waals surface area contributed by atoms with Gasteiger partial charge in [0.1, 0.15) is 6.04 Å². The summed E-state index contributed by atoms with van der Waals surface area (Å²) >= 11 is 7.33. The predicted octanol–water partition coefficient (Wildman–Crippen LogP) is 2.63. The third-order valence-corrected chi connectivity index (χ3v) is 4.91. The van der Waals surface area contributed by atoms with Crippen LogP contribution in [0.2, 0.25) is 0 Å². The lowest BCUT2D eigenvalue weighted by molar-refractivity contribution is -0.114. The Morgan fingerprint density at radius 3 is 2.33 bits per heavy atom. The van der Waals surface area contributed by atoms with Gasteiger partial charge in [0.2, 0.25) is 3.79 Å². The highest BCUT2D eigenvalue weighted by Gasteiger charge is 2.36. The van der Waals surface area contributed by atoms with Gasteiger partial charge in [0.25, 0.3) is 0 Å². The fraction of sp³-hybridized carbons (Fsp3) is 0.833. The number of amides is 1. The number of nitrogens with zero attached hydrogens (tertiary/aromatic N) is 2. The number of hydrogen-bond acceptors (Lipinski definition) is 3. The lowest BCUT2D eigenvalue weighted by Gasteiger charge is -2.42. The van der Waals surface area contributed by atoms with Gasteiger partial charge in [0.05, 0.1) is 0 Å². The van der Waals surface area contributed by atoms with Crippen LogP contribution in [0.15, 0.2) is 0 Å². The molecule has 0 aromatic rings. The Hall–Kier alpha value is 0.120. The maximum Gasteiger partial charge on any atom is 0.317 e. The molecule has 0 saturated carbocycles. The molecule has 0 bridgehead atoms. The molecule has 2 atom stereocenters. The summed E-state index contributed by atoms with van der Waals surface area (Å²) in [5.74, 6) is 0. The van der Waals surface area contributed by atoms with Gasteiger partial charge >= 0.3 is 5.37 Å². The first-order valence-corrected chi connectivity index (χ1v) is 7.95. The van der Waals surface area contributed by atoms with Gasteiger partial charge < -0.3 is 9.80 Å². The molecule has 2 heterocycles. The molecule has 0 aliphatic carbocycles. The van der Waals surface area contributed by atoms with Crippen molar-refractivity contribution in [3.63, 3.8) is 0 Å². The fourth-order valence-electron chi connectivity index (χ4n) is 2.99. The van der Waals surface area contributed by atoms with E-state index in [0.29, 0.717) is 12.6 Å². The van der Waals surface area contributed by atoms with Gasteiger partial charge in [0, 0.05) is 35.2 Å². The molecule has 1 amide bonds. The summed E-state index contributed by atoms with van der Waals surface area (Å²) in [6.45, 7) is 2.85. The highest BCUT2D eigenvalue weighted by Crippen LogP contribution is 2.27. The van der Waals surface area contributed by atoms with Crippen LogP contribution in [0.4, 0.5) is 4.79 Å². The van der Waals surface area contributed by atoms with Crippen molar-refractivity contribution in [3.05, 3.63) is 0 Å². The predicted molar refractivity (Wildman–Crippen MR) is 79.2 cm³/mol. The molecule has 4 nitrogen and oxygen atoms in total. The number of hydrogen-bond donors (Lipinski definition) is 0. The summed E-state index contributed by atoms with van der Waals surface area (Å²) in [5, 5.41) is -0.498. The second-order valence-corrected chi connectivity index (χ2v) is 6.43. The van der Waals surface area contributed by atoms with Gasteiger partial charge in [-0.25, -0.2) is 0 Å². The van der Waals surface area contributed by atoms with Gasteiger partial charge in [-0.3, -0.25) is 9.59 Å². The minimum absolute atomic E-state index is 0.0170. The summed E-state index contributed by atoms with van der Waals surface area (Å²) in [6, 6.07) is 0.0950. The topological polar surface area (TPSA) is 40.6 Å². The second kappa shape index (κ2) is 6.52. The van der Waals surface area contributed by atoms with Crippen molar-refractivity contribution < 1.29 is 9.59 Å². The molecule has 2 unspecified atom stereocenters. The van der Waals surface area contributed by atoms with Crippen molar-refractivity contribution >= 4 is 43.3 Å². The van der Waals surface area contributed by atoms with Crippen molar-refractivity contribution in [1.82, 2.24) is 9.80 Å². The van der Waals surface area contributed by atoms with E-state index in [1.54, 1.807) is 22.6 Å². The zero-order valence-corrected chi connectivity index (χ0v) is 13.2. The van der Waals surface area contributed by atoms with E-state index in [2.05, 4.69) is 4.90 Å². The molecule has 2 saturated heterocycles. The van der Waals surface area contributed by atoms with E-state index < -0.39 is 5.37 Å². The Balaban J connectivity index is 2.01. The minimum Gasteiger partial charge on any atom is -0.318 e. The first-order chi connectivity index (χ1) is 8.59. The van der Waals surface area contributed by atoms with Crippen LogP contribution in [0.1, 0.15) is 32.1 Å².